The molecule has 0 aliphatic carbocycles. The second-order valence-corrected chi connectivity index (χ2v) is 8.54. The lowest BCUT2D eigenvalue weighted by Gasteiger charge is -2.12. The number of hydrogen-bond donors (Lipinski definition) is 3. The van der Waals surface area contributed by atoms with E-state index in [4.69, 9.17) is 0 Å². The van der Waals surface area contributed by atoms with Gasteiger partial charge in [-0.05, 0) is 60.6 Å². The van der Waals surface area contributed by atoms with Crippen LogP contribution in [-0.2, 0) is 10.0 Å². The molecule has 7 nitrogen and oxygen atoms in total. The summed E-state index contributed by atoms with van der Waals surface area (Å²) in [5, 5.41) is 0. The number of hydrogen-bond acceptors (Lipinski definition) is 5. The van der Waals surface area contributed by atoms with Gasteiger partial charge in [0.25, 0.3) is 10.0 Å². The van der Waals surface area contributed by atoms with Crippen molar-refractivity contribution < 1.29 is 21.6 Å². The summed E-state index contributed by atoms with van der Waals surface area (Å²) in [6.07, 6.45) is 0. The van der Waals surface area contributed by atoms with Crippen molar-refractivity contribution in [3.63, 3.8) is 0 Å². The van der Waals surface area contributed by atoms with Gasteiger partial charge in [0.15, 0.2) is 0 Å². The van der Waals surface area contributed by atoms with E-state index in [2.05, 4.69) is 14.7 Å². The predicted molar refractivity (Wildman–Crippen MR) is 99.1 cm³/mol. The fourth-order valence-electron chi connectivity index (χ4n) is 2.48. The van der Waals surface area contributed by atoms with E-state index >= 15 is 0 Å². The monoisotopic (exact) mass is 431 g/mol. The highest BCUT2D eigenvalue weighted by atomic mass is 32.2. The van der Waals surface area contributed by atoms with Gasteiger partial charge in [-0.2, -0.15) is 13.2 Å². The molecule has 0 spiro atoms. The van der Waals surface area contributed by atoms with E-state index < -0.39 is 26.7 Å². The molecule has 3 N–H and O–H groups in total. The molecule has 0 unspecified atom stereocenters. The van der Waals surface area contributed by atoms with Crippen LogP contribution in [0.15, 0.2) is 55.8 Å². The Kier molecular flexibility index (Phi) is 5.02. The number of alkyl halides is 3. The molecule has 0 saturated heterocycles. The van der Waals surface area contributed by atoms with E-state index in [1.54, 1.807) is 0 Å². The molecule has 0 aliphatic heterocycles. The summed E-state index contributed by atoms with van der Waals surface area (Å²) in [6.45, 7) is 1.50. The molecule has 0 bridgehead atoms. The Morgan fingerprint density at radius 1 is 0.964 bits per heavy atom. The zero-order chi connectivity index (χ0) is 20.7. The SMILES string of the molecule is Cc1cc2[nH]c(=O)c(=O)[nH]c2cc1S(=O)(=O)Nc1ccc(SC(F)(F)F)cc1. The fourth-order valence-corrected chi connectivity index (χ4v) is 4.33. The molecule has 12 heteroatoms. The number of aromatic amines is 2. The molecule has 1 aromatic heterocycles. The van der Waals surface area contributed by atoms with Crippen LogP contribution in [-0.4, -0.2) is 23.9 Å². The van der Waals surface area contributed by atoms with E-state index in [9.17, 15) is 31.2 Å². The molecule has 0 amide bonds. The smallest absolute Gasteiger partial charge is 0.316 e. The number of aromatic nitrogens is 2. The number of H-pyrrole nitrogens is 2. The van der Waals surface area contributed by atoms with Crippen LogP contribution in [0.25, 0.3) is 11.0 Å². The Labute approximate surface area is 160 Å². The minimum Gasteiger partial charge on any atom is -0.316 e. The summed E-state index contributed by atoms with van der Waals surface area (Å²) in [7, 11) is -4.10. The van der Waals surface area contributed by atoms with E-state index in [-0.39, 0.29) is 38.3 Å². The highest BCUT2D eigenvalue weighted by Gasteiger charge is 2.29. The van der Waals surface area contributed by atoms with Crippen LogP contribution in [0.2, 0.25) is 0 Å². The summed E-state index contributed by atoms with van der Waals surface area (Å²) >= 11 is -0.310. The lowest BCUT2D eigenvalue weighted by atomic mass is 10.2. The van der Waals surface area contributed by atoms with Crippen molar-refractivity contribution in [3.8, 4) is 0 Å². The fraction of sp³-hybridized carbons (Fsp3) is 0.125. The quantitative estimate of drug-likeness (QED) is 0.434. The third-order valence-electron chi connectivity index (χ3n) is 3.65. The van der Waals surface area contributed by atoms with Crippen LogP contribution in [0, 0.1) is 6.92 Å². The van der Waals surface area contributed by atoms with Gasteiger partial charge in [0.2, 0.25) is 0 Å². The molecule has 148 valence electrons. The number of halogens is 3. The van der Waals surface area contributed by atoms with Crippen molar-refractivity contribution >= 4 is 38.5 Å². The summed E-state index contributed by atoms with van der Waals surface area (Å²) in [6, 6.07) is 7.29. The lowest BCUT2D eigenvalue weighted by molar-refractivity contribution is -0.0328. The highest BCUT2D eigenvalue weighted by molar-refractivity contribution is 8.00. The standard InChI is InChI=1S/C16H12F3N3O4S2/c1-8-6-11-12(21-15(24)14(23)20-11)7-13(8)28(25,26)22-9-2-4-10(5-3-9)27-16(17,18)19/h2-7,22H,1H3,(H,20,23)(H,21,24). The van der Waals surface area contributed by atoms with Crippen LogP contribution >= 0.6 is 11.8 Å². The number of fused-ring (bicyclic) bond motifs is 1. The third kappa shape index (κ3) is 4.39. The summed E-state index contributed by atoms with van der Waals surface area (Å²) in [5.74, 6) is 0. The van der Waals surface area contributed by atoms with Gasteiger partial charge in [-0.1, -0.05) is 0 Å². The van der Waals surface area contributed by atoms with Gasteiger partial charge in [0.1, 0.15) is 0 Å². The molecule has 3 rings (SSSR count). The van der Waals surface area contributed by atoms with Crippen molar-refractivity contribution in [2.45, 2.75) is 22.2 Å². The Bertz CT molecular complexity index is 1260. The first kappa shape index (κ1) is 20.0. The normalized spacial score (nSPS) is 12.3. The molecule has 1 heterocycles. The first-order chi connectivity index (χ1) is 12.9. The second kappa shape index (κ2) is 7.02. The topological polar surface area (TPSA) is 112 Å². The van der Waals surface area contributed by atoms with E-state index in [1.165, 1.54) is 31.2 Å². The van der Waals surface area contributed by atoms with Crippen LogP contribution in [0.4, 0.5) is 18.9 Å². The van der Waals surface area contributed by atoms with Crippen molar-refractivity contribution in [1.82, 2.24) is 9.97 Å². The molecule has 28 heavy (non-hydrogen) atoms. The van der Waals surface area contributed by atoms with E-state index in [0.717, 1.165) is 12.1 Å². The van der Waals surface area contributed by atoms with Gasteiger partial charge in [-0.25, -0.2) is 8.42 Å². The highest BCUT2D eigenvalue weighted by Crippen LogP contribution is 2.37. The molecule has 0 atom stereocenters. The van der Waals surface area contributed by atoms with Crippen molar-refractivity contribution in [2.24, 2.45) is 0 Å². The number of benzene rings is 2. The number of nitrogens with one attached hydrogen (secondary N) is 3. The van der Waals surface area contributed by atoms with Gasteiger partial charge in [-0.3, -0.25) is 14.3 Å². The van der Waals surface area contributed by atoms with Crippen molar-refractivity contribution in [1.29, 1.82) is 0 Å². The first-order valence-corrected chi connectivity index (χ1v) is 9.90. The predicted octanol–water partition coefficient (Wildman–Crippen LogP) is 2.94. The molecule has 0 fully saturated rings. The molecule has 3 aromatic rings. The molecular weight excluding hydrogens is 419 g/mol. The number of aryl methyl sites for hydroxylation is 1. The number of sulfonamides is 1. The summed E-state index contributed by atoms with van der Waals surface area (Å²) < 4.78 is 64.7. The molecule has 0 aliphatic rings. The van der Waals surface area contributed by atoms with E-state index in [1.807, 2.05) is 0 Å². The first-order valence-electron chi connectivity index (χ1n) is 7.60. The van der Waals surface area contributed by atoms with E-state index in [0.29, 0.717) is 5.56 Å². The van der Waals surface area contributed by atoms with Crippen molar-refractivity contribution in [2.75, 3.05) is 4.72 Å². The summed E-state index contributed by atoms with van der Waals surface area (Å²) in [4.78, 5) is 27.2. The minimum absolute atomic E-state index is 0.0704. The van der Waals surface area contributed by atoms with Crippen molar-refractivity contribution in [3.05, 3.63) is 62.7 Å². The largest absolute Gasteiger partial charge is 0.446 e. The maximum atomic E-state index is 12.7. The third-order valence-corrected chi connectivity index (χ3v) is 5.91. The van der Waals surface area contributed by atoms with Gasteiger partial charge < -0.3 is 9.97 Å². The number of rotatable bonds is 4. The Morgan fingerprint density at radius 3 is 2.04 bits per heavy atom. The Morgan fingerprint density at radius 2 is 1.50 bits per heavy atom. The molecular formula is C16H12F3N3O4S2. The number of anilines is 1. The molecule has 0 radical (unpaired) electrons. The second-order valence-electron chi connectivity index (χ2n) is 5.75. The zero-order valence-corrected chi connectivity index (χ0v) is 15.7. The molecule has 0 saturated carbocycles. The van der Waals surface area contributed by atoms with Crippen LogP contribution < -0.4 is 15.8 Å². The number of thioether (sulfide) groups is 1. The zero-order valence-electron chi connectivity index (χ0n) is 14.0. The lowest BCUT2D eigenvalue weighted by Crippen LogP contribution is -2.29. The maximum Gasteiger partial charge on any atom is 0.446 e. The van der Waals surface area contributed by atoms with Crippen LogP contribution in [0.1, 0.15) is 5.56 Å². The average Bonchev–Trinajstić information content (AvgIpc) is 2.56. The maximum absolute atomic E-state index is 12.7. The van der Waals surface area contributed by atoms with Gasteiger partial charge >= 0.3 is 16.6 Å². The van der Waals surface area contributed by atoms with Gasteiger partial charge in [0.05, 0.1) is 15.9 Å². The van der Waals surface area contributed by atoms with Crippen LogP contribution in [0.3, 0.4) is 0 Å². The Balaban J connectivity index is 1.94. The van der Waals surface area contributed by atoms with Gasteiger partial charge in [-0.15, -0.1) is 0 Å². The average molecular weight is 431 g/mol. The minimum atomic E-state index is -4.44. The van der Waals surface area contributed by atoms with Gasteiger partial charge in [0, 0.05) is 10.6 Å². The molecule has 2 aromatic carbocycles. The summed E-state index contributed by atoms with van der Waals surface area (Å²) in [5.41, 5.74) is -5.49. The van der Waals surface area contributed by atoms with Crippen LogP contribution in [0.5, 0.6) is 0 Å². The Hall–Kier alpha value is -2.73.